The molecule has 0 fully saturated rings. The van der Waals surface area contributed by atoms with Crippen molar-refractivity contribution in [2.24, 2.45) is 0 Å². The van der Waals surface area contributed by atoms with Crippen LogP contribution in [-0.2, 0) is 4.79 Å². The minimum absolute atomic E-state index is 0.303. The molecular weight excluding hydrogens is 279 g/mol. The van der Waals surface area contributed by atoms with Crippen molar-refractivity contribution in [1.29, 1.82) is 0 Å². The van der Waals surface area contributed by atoms with Crippen molar-refractivity contribution < 1.29 is 13.9 Å². The van der Waals surface area contributed by atoms with E-state index in [1.165, 1.54) is 6.07 Å². The van der Waals surface area contributed by atoms with Crippen LogP contribution in [0, 0.1) is 5.82 Å². The van der Waals surface area contributed by atoms with Gasteiger partial charge in [0.2, 0.25) is 0 Å². The van der Waals surface area contributed by atoms with Gasteiger partial charge in [0.25, 0.3) is 0 Å². The highest BCUT2D eigenvalue weighted by atomic mass is 19.1. The first-order valence-electron chi connectivity index (χ1n) is 6.82. The molecule has 0 aromatic heterocycles. The van der Waals surface area contributed by atoms with Gasteiger partial charge in [-0.3, -0.25) is 0 Å². The Bertz CT molecular complexity index is 743. The SMILES string of the molecule is C=C(C)C(=O)Oc1ccc(-c2ccc(C(=C)C)c(F)c2)cc1. The molecule has 0 N–H and O–H groups in total. The average Bonchev–Trinajstić information content (AvgIpc) is 2.47. The number of rotatable bonds is 4. The van der Waals surface area contributed by atoms with E-state index in [2.05, 4.69) is 13.2 Å². The first-order chi connectivity index (χ1) is 10.4. The molecule has 0 radical (unpaired) electrons. The van der Waals surface area contributed by atoms with E-state index in [1.807, 2.05) is 6.07 Å². The van der Waals surface area contributed by atoms with Gasteiger partial charge in [-0.1, -0.05) is 37.4 Å². The molecule has 2 nitrogen and oxygen atoms in total. The fourth-order valence-corrected chi connectivity index (χ4v) is 1.95. The van der Waals surface area contributed by atoms with Crippen molar-refractivity contribution in [1.82, 2.24) is 0 Å². The van der Waals surface area contributed by atoms with Crippen LogP contribution in [0.2, 0.25) is 0 Å². The summed E-state index contributed by atoms with van der Waals surface area (Å²) >= 11 is 0. The Morgan fingerprint density at radius 3 is 2.09 bits per heavy atom. The highest BCUT2D eigenvalue weighted by Crippen LogP contribution is 2.26. The van der Waals surface area contributed by atoms with E-state index in [9.17, 15) is 9.18 Å². The zero-order valence-electron chi connectivity index (χ0n) is 12.7. The molecule has 0 atom stereocenters. The lowest BCUT2D eigenvalue weighted by atomic mass is 10.0. The minimum atomic E-state index is -0.468. The number of ether oxygens (including phenoxy) is 1. The summed E-state index contributed by atoms with van der Waals surface area (Å²) in [6, 6.07) is 11.9. The van der Waals surface area contributed by atoms with Gasteiger partial charge in [-0.15, -0.1) is 0 Å². The maximum Gasteiger partial charge on any atom is 0.338 e. The fourth-order valence-electron chi connectivity index (χ4n) is 1.95. The zero-order chi connectivity index (χ0) is 16.3. The quantitative estimate of drug-likeness (QED) is 0.450. The Balaban J connectivity index is 2.24. The third kappa shape index (κ3) is 3.50. The summed E-state index contributed by atoms with van der Waals surface area (Å²) in [6.45, 7) is 10.6. The van der Waals surface area contributed by atoms with Gasteiger partial charge in [0.1, 0.15) is 11.6 Å². The lowest BCUT2D eigenvalue weighted by molar-refractivity contribution is -0.130. The molecule has 2 aromatic carbocycles. The molecule has 0 aliphatic rings. The van der Waals surface area contributed by atoms with Gasteiger partial charge in [-0.25, -0.2) is 9.18 Å². The molecule has 0 bridgehead atoms. The number of hydrogen-bond donors (Lipinski definition) is 0. The summed E-state index contributed by atoms with van der Waals surface area (Å²) in [7, 11) is 0. The van der Waals surface area contributed by atoms with E-state index in [1.54, 1.807) is 44.2 Å². The lowest BCUT2D eigenvalue weighted by Crippen LogP contribution is -2.07. The highest BCUT2D eigenvalue weighted by Gasteiger charge is 2.08. The number of halogens is 1. The molecule has 2 rings (SSSR count). The van der Waals surface area contributed by atoms with E-state index < -0.39 is 5.97 Å². The molecule has 0 heterocycles. The van der Waals surface area contributed by atoms with Gasteiger partial charge in [0.05, 0.1) is 0 Å². The Labute approximate surface area is 129 Å². The van der Waals surface area contributed by atoms with Crippen LogP contribution in [0.1, 0.15) is 19.4 Å². The molecule has 2 aromatic rings. The molecule has 112 valence electrons. The Hall–Kier alpha value is -2.68. The number of allylic oxidation sites excluding steroid dienone is 1. The number of benzene rings is 2. The standard InChI is InChI=1S/C19H17FO2/c1-12(2)17-10-7-15(11-18(17)20)14-5-8-16(9-6-14)22-19(21)13(3)4/h5-11H,1,3H2,2,4H3. The summed E-state index contributed by atoms with van der Waals surface area (Å²) in [4.78, 5) is 11.4. The van der Waals surface area contributed by atoms with Crippen LogP contribution in [0.4, 0.5) is 4.39 Å². The highest BCUT2D eigenvalue weighted by molar-refractivity contribution is 5.88. The van der Waals surface area contributed by atoms with Gasteiger partial charge in [0.15, 0.2) is 0 Å². The first-order valence-corrected chi connectivity index (χ1v) is 6.82. The molecule has 0 unspecified atom stereocenters. The Morgan fingerprint density at radius 2 is 1.59 bits per heavy atom. The number of carbonyl (C=O) groups excluding carboxylic acids is 1. The van der Waals surface area contributed by atoms with E-state index in [0.717, 1.165) is 11.1 Å². The van der Waals surface area contributed by atoms with Crippen molar-refractivity contribution >= 4 is 11.5 Å². The Kier molecular flexibility index (Phi) is 4.56. The number of carbonyl (C=O) groups is 1. The van der Waals surface area contributed by atoms with Gasteiger partial charge in [-0.2, -0.15) is 0 Å². The van der Waals surface area contributed by atoms with Crippen LogP contribution in [0.5, 0.6) is 5.75 Å². The van der Waals surface area contributed by atoms with E-state index in [4.69, 9.17) is 4.74 Å². The molecule has 0 spiro atoms. The minimum Gasteiger partial charge on any atom is -0.423 e. The van der Waals surface area contributed by atoms with Crippen LogP contribution < -0.4 is 4.74 Å². The maximum absolute atomic E-state index is 14.0. The van der Waals surface area contributed by atoms with Crippen LogP contribution in [0.15, 0.2) is 61.2 Å². The zero-order valence-corrected chi connectivity index (χ0v) is 12.7. The second-order valence-corrected chi connectivity index (χ2v) is 5.17. The molecule has 3 heteroatoms. The average molecular weight is 296 g/mol. The van der Waals surface area contributed by atoms with Crippen LogP contribution in [0.25, 0.3) is 16.7 Å². The summed E-state index contributed by atoms with van der Waals surface area (Å²) in [6.07, 6.45) is 0. The van der Waals surface area contributed by atoms with Crippen LogP contribution in [0.3, 0.4) is 0 Å². The fraction of sp³-hybridized carbons (Fsp3) is 0.105. The second kappa shape index (κ2) is 6.39. The molecular formula is C19H17FO2. The summed E-state index contributed by atoms with van der Waals surface area (Å²) in [5, 5.41) is 0. The molecule has 0 saturated heterocycles. The summed E-state index contributed by atoms with van der Waals surface area (Å²) < 4.78 is 19.1. The van der Waals surface area contributed by atoms with E-state index in [-0.39, 0.29) is 5.82 Å². The predicted octanol–water partition coefficient (Wildman–Crippen LogP) is 5.01. The van der Waals surface area contributed by atoms with E-state index >= 15 is 0 Å². The Morgan fingerprint density at radius 1 is 1.00 bits per heavy atom. The third-order valence-corrected chi connectivity index (χ3v) is 3.18. The molecule has 0 aliphatic heterocycles. The van der Waals surface area contributed by atoms with Crippen molar-refractivity contribution in [2.75, 3.05) is 0 Å². The number of esters is 1. The predicted molar refractivity (Wildman–Crippen MR) is 87.0 cm³/mol. The van der Waals surface area contributed by atoms with Crippen molar-refractivity contribution in [2.45, 2.75) is 13.8 Å². The molecule has 0 amide bonds. The van der Waals surface area contributed by atoms with Crippen LogP contribution >= 0.6 is 0 Å². The largest absolute Gasteiger partial charge is 0.423 e. The molecule has 0 aliphatic carbocycles. The van der Waals surface area contributed by atoms with Gasteiger partial charge in [0, 0.05) is 11.1 Å². The van der Waals surface area contributed by atoms with Gasteiger partial charge >= 0.3 is 5.97 Å². The van der Waals surface area contributed by atoms with Gasteiger partial charge in [-0.05, 0) is 48.7 Å². The van der Waals surface area contributed by atoms with Crippen molar-refractivity contribution in [3.8, 4) is 16.9 Å². The van der Waals surface area contributed by atoms with Gasteiger partial charge < -0.3 is 4.74 Å². The molecule has 0 saturated carbocycles. The van der Waals surface area contributed by atoms with Crippen molar-refractivity contribution in [3.05, 3.63) is 72.6 Å². The number of hydrogen-bond acceptors (Lipinski definition) is 2. The first kappa shape index (κ1) is 15.7. The van der Waals surface area contributed by atoms with Crippen LogP contribution in [-0.4, -0.2) is 5.97 Å². The monoisotopic (exact) mass is 296 g/mol. The topological polar surface area (TPSA) is 26.3 Å². The van der Waals surface area contributed by atoms with E-state index in [0.29, 0.717) is 22.5 Å². The maximum atomic E-state index is 14.0. The molecule has 22 heavy (non-hydrogen) atoms. The summed E-state index contributed by atoms with van der Waals surface area (Å²) in [5.74, 6) is -0.344. The normalized spacial score (nSPS) is 10.1. The smallest absolute Gasteiger partial charge is 0.338 e. The lowest BCUT2D eigenvalue weighted by Gasteiger charge is -2.08. The summed E-state index contributed by atoms with van der Waals surface area (Å²) in [5.41, 5.74) is 3.12. The van der Waals surface area contributed by atoms with Crippen molar-refractivity contribution in [3.63, 3.8) is 0 Å². The second-order valence-electron chi connectivity index (χ2n) is 5.17. The third-order valence-electron chi connectivity index (χ3n) is 3.18.